The topological polar surface area (TPSA) is 29.5 Å². The van der Waals surface area contributed by atoms with Crippen molar-refractivity contribution in [3.63, 3.8) is 0 Å². The Hall–Kier alpha value is -0.340. The van der Waals surface area contributed by atoms with Gasteiger partial charge >= 0.3 is 0 Å². The van der Waals surface area contributed by atoms with Gasteiger partial charge in [-0.3, -0.25) is 0 Å². The lowest BCUT2D eigenvalue weighted by Gasteiger charge is -2.12. The van der Waals surface area contributed by atoms with Crippen molar-refractivity contribution in [3.8, 4) is 0 Å². The standard InChI is InChI=1S/C10H16O2/c1-3-7-5-8-6(2)4-9(11)10(8)12-7/h3,6-11H,1,4-5H2,2H3/t6-,7-,8+,9-,10+/m1/s1. The van der Waals surface area contributed by atoms with Gasteiger partial charge in [0.25, 0.3) is 0 Å². The van der Waals surface area contributed by atoms with Gasteiger partial charge in [0.2, 0.25) is 0 Å². The third-order valence-electron chi connectivity index (χ3n) is 3.24. The monoisotopic (exact) mass is 168 g/mol. The molecule has 1 aliphatic carbocycles. The molecule has 0 bridgehead atoms. The van der Waals surface area contributed by atoms with Crippen LogP contribution in [0.4, 0.5) is 0 Å². The predicted octanol–water partition coefficient (Wildman–Crippen LogP) is 1.35. The van der Waals surface area contributed by atoms with E-state index in [-0.39, 0.29) is 18.3 Å². The highest BCUT2D eigenvalue weighted by Gasteiger charge is 2.46. The van der Waals surface area contributed by atoms with E-state index in [1.807, 2.05) is 6.08 Å². The minimum atomic E-state index is -0.241. The van der Waals surface area contributed by atoms with Crippen LogP contribution in [-0.4, -0.2) is 23.4 Å². The summed E-state index contributed by atoms with van der Waals surface area (Å²) in [5, 5.41) is 9.62. The average molecular weight is 168 g/mol. The highest BCUT2D eigenvalue weighted by molar-refractivity contribution is 5.00. The van der Waals surface area contributed by atoms with Gasteiger partial charge in [-0.15, -0.1) is 6.58 Å². The van der Waals surface area contributed by atoms with Gasteiger partial charge in [-0.1, -0.05) is 13.0 Å². The molecule has 0 aromatic heterocycles. The van der Waals surface area contributed by atoms with Crippen molar-refractivity contribution < 1.29 is 9.84 Å². The SMILES string of the molecule is C=C[C@@H]1C[C@@H]2[C@H](O1)[C@H](O)C[C@H]2C. The van der Waals surface area contributed by atoms with Crippen molar-refractivity contribution in [2.45, 2.75) is 38.1 Å². The van der Waals surface area contributed by atoms with E-state index in [2.05, 4.69) is 13.5 Å². The number of hydrogen-bond donors (Lipinski definition) is 1. The molecule has 5 atom stereocenters. The van der Waals surface area contributed by atoms with Crippen molar-refractivity contribution >= 4 is 0 Å². The number of hydrogen-bond acceptors (Lipinski definition) is 2. The molecule has 0 aromatic carbocycles. The summed E-state index contributed by atoms with van der Waals surface area (Å²) in [5.74, 6) is 1.16. The summed E-state index contributed by atoms with van der Waals surface area (Å²) in [6.45, 7) is 5.91. The Morgan fingerprint density at radius 1 is 1.50 bits per heavy atom. The third kappa shape index (κ3) is 1.10. The smallest absolute Gasteiger partial charge is 0.0873 e. The van der Waals surface area contributed by atoms with Crippen LogP contribution in [0.1, 0.15) is 19.8 Å². The Balaban J connectivity index is 2.09. The maximum absolute atomic E-state index is 9.62. The molecule has 0 amide bonds. The van der Waals surface area contributed by atoms with E-state index in [0.717, 1.165) is 12.8 Å². The van der Waals surface area contributed by atoms with Gasteiger partial charge in [-0.25, -0.2) is 0 Å². The maximum Gasteiger partial charge on any atom is 0.0873 e. The van der Waals surface area contributed by atoms with Crippen LogP contribution in [0.5, 0.6) is 0 Å². The zero-order valence-corrected chi connectivity index (χ0v) is 7.44. The molecular weight excluding hydrogens is 152 g/mol. The van der Waals surface area contributed by atoms with Crippen molar-refractivity contribution in [2.24, 2.45) is 11.8 Å². The largest absolute Gasteiger partial charge is 0.390 e. The molecule has 2 fully saturated rings. The predicted molar refractivity (Wildman–Crippen MR) is 46.8 cm³/mol. The fourth-order valence-corrected chi connectivity index (χ4v) is 2.53. The second-order valence-electron chi connectivity index (χ2n) is 4.05. The summed E-state index contributed by atoms with van der Waals surface area (Å²) in [5.41, 5.74) is 0. The van der Waals surface area contributed by atoms with E-state index in [9.17, 15) is 5.11 Å². The van der Waals surface area contributed by atoms with Crippen molar-refractivity contribution in [1.29, 1.82) is 0 Å². The molecular formula is C10H16O2. The van der Waals surface area contributed by atoms with Crippen LogP contribution in [0, 0.1) is 11.8 Å². The molecule has 0 spiro atoms. The number of fused-ring (bicyclic) bond motifs is 1. The van der Waals surface area contributed by atoms with E-state index >= 15 is 0 Å². The first-order chi connectivity index (χ1) is 5.72. The Labute approximate surface area is 73.2 Å². The molecule has 2 aliphatic rings. The van der Waals surface area contributed by atoms with Gasteiger partial charge in [0.1, 0.15) is 0 Å². The van der Waals surface area contributed by atoms with Crippen LogP contribution in [0.25, 0.3) is 0 Å². The molecule has 1 aliphatic heterocycles. The lowest BCUT2D eigenvalue weighted by molar-refractivity contribution is -0.0134. The van der Waals surface area contributed by atoms with E-state index < -0.39 is 0 Å². The summed E-state index contributed by atoms with van der Waals surface area (Å²) >= 11 is 0. The molecule has 1 heterocycles. The van der Waals surface area contributed by atoms with E-state index in [4.69, 9.17) is 4.74 Å². The first kappa shape index (κ1) is 8.27. The van der Waals surface area contributed by atoms with Crippen LogP contribution in [0.3, 0.4) is 0 Å². The summed E-state index contributed by atoms with van der Waals surface area (Å²) in [7, 11) is 0. The fraction of sp³-hybridized carbons (Fsp3) is 0.800. The van der Waals surface area contributed by atoms with E-state index in [1.54, 1.807) is 0 Å². The van der Waals surface area contributed by atoms with Gasteiger partial charge in [-0.2, -0.15) is 0 Å². The Bertz CT molecular complexity index is 174. The lowest BCUT2D eigenvalue weighted by Crippen LogP contribution is -2.23. The number of rotatable bonds is 1. The minimum absolute atomic E-state index is 0.0861. The lowest BCUT2D eigenvalue weighted by atomic mass is 9.93. The van der Waals surface area contributed by atoms with Gasteiger partial charge in [0.05, 0.1) is 18.3 Å². The Morgan fingerprint density at radius 2 is 2.25 bits per heavy atom. The van der Waals surface area contributed by atoms with Gasteiger partial charge in [-0.05, 0) is 24.7 Å². The second kappa shape index (κ2) is 2.86. The molecule has 0 aromatic rings. The van der Waals surface area contributed by atoms with Gasteiger partial charge < -0.3 is 9.84 Å². The molecule has 2 rings (SSSR count). The van der Waals surface area contributed by atoms with Crippen LogP contribution in [-0.2, 0) is 4.74 Å². The van der Waals surface area contributed by atoms with Crippen LogP contribution in [0.15, 0.2) is 12.7 Å². The third-order valence-corrected chi connectivity index (χ3v) is 3.24. The molecule has 1 saturated carbocycles. The quantitative estimate of drug-likeness (QED) is 0.599. The van der Waals surface area contributed by atoms with Crippen molar-refractivity contribution in [3.05, 3.63) is 12.7 Å². The zero-order valence-electron chi connectivity index (χ0n) is 7.44. The highest BCUT2D eigenvalue weighted by Crippen LogP contribution is 2.43. The summed E-state index contributed by atoms with van der Waals surface area (Å²) in [4.78, 5) is 0. The second-order valence-corrected chi connectivity index (χ2v) is 4.05. The maximum atomic E-state index is 9.62. The Kier molecular flexibility index (Phi) is 1.97. The molecule has 68 valence electrons. The van der Waals surface area contributed by atoms with E-state index in [1.165, 1.54) is 0 Å². The highest BCUT2D eigenvalue weighted by atomic mass is 16.5. The van der Waals surface area contributed by atoms with E-state index in [0.29, 0.717) is 11.8 Å². The minimum Gasteiger partial charge on any atom is -0.390 e. The number of ether oxygens (including phenoxy) is 1. The molecule has 2 heteroatoms. The summed E-state index contributed by atoms with van der Waals surface area (Å²) in [6, 6.07) is 0. The van der Waals surface area contributed by atoms with Gasteiger partial charge in [0.15, 0.2) is 0 Å². The average Bonchev–Trinajstić information content (AvgIpc) is 2.55. The first-order valence-electron chi connectivity index (χ1n) is 4.68. The number of aliphatic hydroxyl groups is 1. The molecule has 1 saturated heterocycles. The summed E-state index contributed by atoms with van der Waals surface area (Å²) < 4.78 is 5.65. The molecule has 0 radical (unpaired) electrons. The molecule has 12 heavy (non-hydrogen) atoms. The molecule has 2 nitrogen and oxygen atoms in total. The fourth-order valence-electron chi connectivity index (χ4n) is 2.53. The van der Waals surface area contributed by atoms with Crippen LogP contribution in [0.2, 0.25) is 0 Å². The Morgan fingerprint density at radius 3 is 2.83 bits per heavy atom. The zero-order chi connectivity index (χ0) is 8.72. The van der Waals surface area contributed by atoms with Gasteiger partial charge in [0, 0.05) is 0 Å². The molecule has 0 unspecified atom stereocenters. The van der Waals surface area contributed by atoms with Crippen molar-refractivity contribution in [1.82, 2.24) is 0 Å². The first-order valence-corrected chi connectivity index (χ1v) is 4.68. The summed E-state index contributed by atoms with van der Waals surface area (Å²) in [6.07, 6.45) is 3.82. The van der Waals surface area contributed by atoms with Crippen LogP contribution < -0.4 is 0 Å². The van der Waals surface area contributed by atoms with Crippen molar-refractivity contribution in [2.75, 3.05) is 0 Å². The van der Waals surface area contributed by atoms with Crippen LogP contribution >= 0.6 is 0 Å². The number of aliphatic hydroxyl groups excluding tert-OH is 1. The molecule has 1 N–H and O–H groups in total. The normalized spacial score (nSPS) is 52.3.